The van der Waals surface area contributed by atoms with E-state index in [0.29, 0.717) is 10.7 Å². The molecule has 1 N–H and O–H groups in total. The van der Waals surface area contributed by atoms with Crippen molar-refractivity contribution in [2.75, 3.05) is 11.9 Å². The number of rotatable bonds is 6. The highest BCUT2D eigenvalue weighted by Gasteiger charge is 2.17. The fourth-order valence-corrected chi connectivity index (χ4v) is 2.75. The Hall–Kier alpha value is -1.98. The third-order valence-corrected chi connectivity index (χ3v) is 4.20. The van der Waals surface area contributed by atoms with E-state index in [-0.39, 0.29) is 11.9 Å². The molecule has 1 atom stereocenters. The number of benzene rings is 2. The van der Waals surface area contributed by atoms with E-state index in [9.17, 15) is 9.59 Å². The van der Waals surface area contributed by atoms with Crippen LogP contribution in [0.15, 0.2) is 59.5 Å². The van der Waals surface area contributed by atoms with Gasteiger partial charge in [0, 0.05) is 15.6 Å². The van der Waals surface area contributed by atoms with Crippen LogP contribution in [0.3, 0.4) is 0 Å². The molecule has 2 aromatic rings. The van der Waals surface area contributed by atoms with Crippen molar-refractivity contribution < 1.29 is 14.3 Å². The van der Waals surface area contributed by atoms with Crippen LogP contribution < -0.4 is 5.32 Å². The second kappa shape index (κ2) is 8.60. The van der Waals surface area contributed by atoms with Gasteiger partial charge in [0.2, 0.25) is 0 Å². The average molecular weight is 350 g/mol. The molecule has 0 fully saturated rings. The van der Waals surface area contributed by atoms with E-state index in [2.05, 4.69) is 5.32 Å². The minimum absolute atomic E-state index is 0.318. The molecule has 0 bridgehead atoms. The monoisotopic (exact) mass is 349 g/mol. The predicted octanol–water partition coefficient (Wildman–Crippen LogP) is 4.00. The van der Waals surface area contributed by atoms with Gasteiger partial charge in [-0.15, -0.1) is 11.8 Å². The minimum Gasteiger partial charge on any atom is -0.455 e. The summed E-state index contributed by atoms with van der Waals surface area (Å²) in [5.41, 5.74) is 0.599. The Balaban J connectivity index is 1.76. The molecule has 0 aromatic heterocycles. The van der Waals surface area contributed by atoms with Crippen molar-refractivity contribution in [2.45, 2.75) is 17.1 Å². The van der Waals surface area contributed by atoms with Gasteiger partial charge >= 0.3 is 5.97 Å². The highest BCUT2D eigenvalue weighted by Crippen LogP contribution is 2.23. The van der Waals surface area contributed by atoms with Crippen LogP contribution in [-0.4, -0.2) is 23.7 Å². The van der Waals surface area contributed by atoms with Gasteiger partial charge in [0.1, 0.15) is 5.25 Å². The lowest BCUT2D eigenvalue weighted by Crippen LogP contribution is -2.24. The van der Waals surface area contributed by atoms with Crippen LogP contribution in [0.1, 0.15) is 6.92 Å². The summed E-state index contributed by atoms with van der Waals surface area (Å²) in [7, 11) is 0. The molecule has 0 aliphatic rings. The standard InChI is InChI=1S/C17H16ClNO3S/c1-12(23-15-5-3-2-4-6-15)17(21)22-11-16(20)19-14-9-7-13(18)8-10-14/h2-10,12H,11H2,1H3,(H,19,20)/t12-/m1/s1. The van der Waals surface area contributed by atoms with E-state index in [4.69, 9.17) is 16.3 Å². The highest BCUT2D eigenvalue weighted by molar-refractivity contribution is 8.00. The van der Waals surface area contributed by atoms with Crippen molar-refractivity contribution in [3.63, 3.8) is 0 Å². The Morgan fingerprint density at radius 1 is 1.13 bits per heavy atom. The molecule has 4 nitrogen and oxygen atoms in total. The maximum Gasteiger partial charge on any atom is 0.319 e. The first-order valence-corrected chi connectivity index (χ1v) is 8.24. The van der Waals surface area contributed by atoms with Gasteiger partial charge in [-0.05, 0) is 43.3 Å². The molecule has 0 saturated heterocycles. The molecule has 0 aliphatic heterocycles. The van der Waals surface area contributed by atoms with Crippen LogP contribution in [-0.2, 0) is 14.3 Å². The zero-order valence-electron chi connectivity index (χ0n) is 12.5. The number of carbonyl (C=O) groups is 2. The van der Waals surface area contributed by atoms with Gasteiger partial charge in [-0.3, -0.25) is 9.59 Å². The van der Waals surface area contributed by atoms with Crippen molar-refractivity contribution in [2.24, 2.45) is 0 Å². The molecule has 6 heteroatoms. The lowest BCUT2D eigenvalue weighted by molar-refractivity contribution is -0.146. The van der Waals surface area contributed by atoms with Gasteiger partial charge in [-0.2, -0.15) is 0 Å². The van der Waals surface area contributed by atoms with Crippen molar-refractivity contribution >= 4 is 40.9 Å². The summed E-state index contributed by atoms with van der Waals surface area (Å²) in [6, 6.07) is 16.2. The Bertz CT molecular complexity index is 661. The summed E-state index contributed by atoms with van der Waals surface area (Å²) < 4.78 is 5.04. The van der Waals surface area contributed by atoms with Gasteiger partial charge in [-0.1, -0.05) is 29.8 Å². The number of hydrogen-bond acceptors (Lipinski definition) is 4. The highest BCUT2D eigenvalue weighted by atomic mass is 35.5. The Morgan fingerprint density at radius 3 is 2.43 bits per heavy atom. The summed E-state index contributed by atoms with van der Waals surface area (Å²) in [6.07, 6.45) is 0. The van der Waals surface area contributed by atoms with Gasteiger partial charge in [0.05, 0.1) is 0 Å². The zero-order chi connectivity index (χ0) is 16.7. The molecule has 0 heterocycles. The van der Waals surface area contributed by atoms with E-state index in [1.54, 1.807) is 31.2 Å². The topological polar surface area (TPSA) is 55.4 Å². The first-order chi connectivity index (χ1) is 11.0. The number of ether oxygens (including phenoxy) is 1. The van der Waals surface area contributed by atoms with Crippen LogP contribution in [0.2, 0.25) is 5.02 Å². The molecular weight excluding hydrogens is 334 g/mol. The Labute approximate surface area is 144 Å². The Kier molecular flexibility index (Phi) is 6.50. The molecule has 0 radical (unpaired) electrons. The smallest absolute Gasteiger partial charge is 0.319 e. The van der Waals surface area contributed by atoms with Gasteiger partial charge in [0.25, 0.3) is 5.91 Å². The third kappa shape index (κ3) is 5.96. The molecule has 2 aromatic carbocycles. The number of nitrogens with one attached hydrogen (secondary N) is 1. The number of amides is 1. The lowest BCUT2D eigenvalue weighted by Gasteiger charge is -2.11. The summed E-state index contributed by atoms with van der Waals surface area (Å²) in [5.74, 6) is -0.817. The zero-order valence-corrected chi connectivity index (χ0v) is 14.1. The second-order valence-corrected chi connectivity index (χ2v) is 6.59. The molecule has 2 rings (SSSR count). The third-order valence-electron chi connectivity index (χ3n) is 2.86. The average Bonchev–Trinajstić information content (AvgIpc) is 2.55. The second-order valence-electron chi connectivity index (χ2n) is 4.74. The molecule has 1 amide bonds. The summed E-state index contributed by atoms with van der Waals surface area (Å²) in [6.45, 7) is 1.43. The summed E-state index contributed by atoms with van der Waals surface area (Å²) in [4.78, 5) is 24.6. The molecule has 120 valence electrons. The van der Waals surface area contributed by atoms with Crippen LogP contribution in [0, 0.1) is 0 Å². The number of anilines is 1. The van der Waals surface area contributed by atoms with Crippen molar-refractivity contribution in [3.05, 3.63) is 59.6 Å². The fraction of sp³-hybridized carbons (Fsp3) is 0.176. The molecular formula is C17H16ClNO3S. The van der Waals surface area contributed by atoms with Crippen LogP contribution in [0.25, 0.3) is 0 Å². The fourth-order valence-electron chi connectivity index (χ4n) is 1.74. The minimum atomic E-state index is -0.426. The molecule has 0 aliphatic carbocycles. The van der Waals surface area contributed by atoms with E-state index in [0.717, 1.165) is 4.90 Å². The lowest BCUT2D eigenvalue weighted by atomic mass is 10.3. The summed E-state index contributed by atoms with van der Waals surface area (Å²) >= 11 is 7.16. The maximum atomic E-state index is 11.9. The number of esters is 1. The predicted molar refractivity (Wildman–Crippen MR) is 92.8 cm³/mol. The van der Waals surface area contributed by atoms with Crippen LogP contribution in [0.5, 0.6) is 0 Å². The number of thioether (sulfide) groups is 1. The number of hydrogen-bond donors (Lipinski definition) is 1. The van der Waals surface area contributed by atoms with Crippen LogP contribution >= 0.6 is 23.4 Å². The molecule has 0 spiro atoms. The van der Waals surface area contributed by atoms with E-state index < -0.39 is 11.9 Å². The van der Waals surface area contributed by atoms with Gasteiger partial charge in [0.15, 0.2) is 6.61 Å². The van der Waals surface area contributed by atoms with E-state index in [1.807, 2.05) is 30.3 Å². The molecule has 23 heavy (non-hydrogen) atoms. The summed E-state index contributed by atoms with van der Waals surface area (Å²) in [5, 5.41) is 2.83. The molecule has 0 unspecified atom stereocenters. The SMILES string of the molecule is C[C@@H](Sc1ccccc1)C(=O)OCC(=O)Nc1ccc(Cl)cc1. The molecule has 0 saturated carbocycles. The number of carbonyl (C=O) groups excluding carboxylic acids is 2. The van der Waals surface area contributed by atoms with E-state index >= 15 is 0 Å². The largest absolute Gasteiger partial charge is 0.455 e. The normalized spacial score (nSPS) is 11.6. The number of halogens is 1. The first-order valence-electron chi connectivity index (χ1n) is 6.98. The quantitative estimate of drug-likeness (QED) is 0.632. The first kappa shape index (κ1) is 17.4. The van der Waals surface area contributed by atoms with Crippen LogP contribution in [0.4, 0.5) is 5.69 Å². The maximum absolute atomic E-state index is 11.9. The van der Waals surface area contributed by atoms with Gasteiger partial charge in [-0.25, -0.2) is 0 Å². The Morgan fingerprint density at radius 2 is 1.78 bits per heavy atom. The van der Waals surface area contributed by atoms with E-state index in [1.165, 1.54) is 11.8 Å². The van der Waals surface area contributed by atoms with Gasteiger partial charge < -0.3 is 10.1 Å². The van der Waals surface area contributed by atoms with Crippen molar-refractivity contribution in [1.82, 2.24) is 0 Å². The van der Waals surface area contributed by atoms with Crippen molar-refractivity contribution in [1.29, 1.82) is 0 Å². The van der Waals surface area contributed by atoms with Crippen molar-refractivity contribution in [3.8, 4) is 0 Å².